The molecule has 3 nitrogen and oxygen atoms in total. The predicted octanol–water partition coefficient (Wildman–Crippen LogP) is 2.91. The summed E-state index contributed by atoms with van der Waals surface area (Å²) in [6, 6.07) is 13.9. The summed E-state index contributed by atoms with van der Waals surface area (Å²) in [6.45, 7) is -0.00212. The summed E-state index contributed by atoms with van der Waals surface area (Å²) in [7, 11) is 0. The van der Waals surface area contributed by atoms with Crippen LogP contribution in [0.2, 0.25) is 0 Å². The summed E-state index contributed by atoms with van der Waals surface area (Å²) < 4.78 is 0. The minimum absolute atomic E-state index is 0.00212. The van der Waals surface area contributed by atoms with E-state index in [1.807, 2.05) is 48.5 Å². The molecular weight excluding hydrogens is 276 g/mol. The van der Waals surface area contributed by atoms with E-state index in [1.54, 1.807) is 6.08 Å². The van der Waals surface area contributed by atoms with Crippen molar-refractivity contribution in [3.63, 3.8) is 0 Å². The van der Waals surface area contributed by atoms with E-state index in [2.05, 4.69) is 0 Å². The molecule has 0 aromatic heterocycles. The molecule has 0 spiro atoms. The maximum absolute atomic E-state index is 10.2. The van der Waals surface area contributed by atoms with Gasteiger partial charge in [-0.05, 0) is 50.4 Å². The standard InChI is InChI=1S/C19H16O3/c20-10-13-2-1-3-15-14(13)6-4-11-8-12-5-7-18(21)19(22)17(12)9-16(11)15/h1-9,18-22H,10H2/t18-,19-/m1/s1. The Hall–Kier alpha value is -2.20. The van der Waals surface area contributed by atoms with Crippen molar-refractivity contribution in [2.75, 3.05) is 0 Å². The zero-order chi connectivity index (χ0) is 15.3. The van der Waals surface area contributed by atoms with Gasteiger partial charge >= 0.3 is 0 Å². The Labute approximate surface area is 127 Å². The molecular formula is C19H16O3. The average Bonchev–Trinajstić information content (AvgIpc) is 2.56. The van der Waals surface area contributed by atoms with Crippen LogP contribution in [0.3, 0.4) is 0 Å². The van der Waals surface area contributed by atoms with Crippen LogP contribution < -0.4 is 0 Å². The number of hydrogen-bond donors (Lipinski definition) is 3. The van der Waals surface area contributed by atoms with E-state index in [-0.39, 0.29) is 6.61 Å². The quantitative estimate of drug-likeness (QED) is 0.604. The highest BCUT2D eigenvalue weighted by Crippen LogP contribution is 2.35. The zero-order valence-electron chi connectivity index (χ0n) is 11.9. The maximum atomic E-state index is 10.2. The van der Waals surface area contributed by atoms with E-state index in [4.69, 9.17) is 0 Å². The molecule has 1 aliphatic carbocycles. The van der Waals surface area contributed by atoms with Crippen molar-refractivity contribution >= 4 is 27.6 Å². The Morgan fingerprint density at radius 2 is 1.77 bits per heavy atom. The van der Waals surface area contributed by atoms with Gasteiger partial charge in [-0.1, -0.05) is 42.5 Å². The Bertz CT molecular complexity index is 911. The maximum Gasteiger partial charge on any atom is 0.109 e. The summed E-state index contributed by atoms with van der Waals surface area (Å²) in [5.41, 5.74) is 2.56. The lowest BCUT2D eigenvalue weighted by molar-refractivity contribution is 0.0471. The first-order valence-corrected chi connectivity index (χ1v) is 7.32. The Morgan fingerprint density at radius 3 is 2.59 bits per heavy atom. The van der Waals surface area contributed by atoms with Crippen LogP contribution in [0.15, 0.2) is 48.5 Å². The van der Waals surface area contributed by atoms with Crippen molar-refractivity contribution in [2.24, 2.45) is 0 Å². The van der Waals surface area contributed by atoms with Crippen LogP contribution in [0.5, 0.6) is 0 Å². The lowest BCUT2D eigenvalue weighted by Gasteiger charge is -2.22. The monoisotopic (exact) mass is 292 g/mol. The molecule has 110 valence electrons. The van der Waals surface area contributed by atoms with Crippen LogP contribution in [0.25, 0.3) is 27.6 Å². The third-order valence-electron chi connectivity index (χ3n) is 4.46. The molecule has 3 aromatic rings. The third-order valence-corrected chi connectivity index (χ3v) is 4.46. The zero-order valence-corrected chi connectivity index (χ0v) is 11.9. The van der Waals surface area contributed by atoms with Gasteiger partial charge in [-0.15, -0.1) is 0 Å². The van der Waals surface area contributed by atoms with Crippen molar-refractivity contribution < 1.29 is 15.3 Å². The lowest BCUT2D eigenvalue weighted by atomic mass is 9.88. The fourth-order valence-electron chi connectivity index (χ4n) is 3.27. The van der Waals surface area contributed by atoms with E-state index in [0.717, 1.165) is 38.2 Å². The Balaban J connectivity index is 2.08. The van der Waals surface area contributed by atoms with Gasteiger partial charge in [0.2, 0.25) is 0 Å². The van der Waals surface area contributed by atoms with Crippen LogP contribution >= 0.6 is 0 Å². The van der Waals surface area contributed by atoms with Crippen LogP contribution in [0.4, 0.5) is 0 Å². The van der Waals surface area contributed by atoms with Crippen LogP contribution in [-0.2, 0) is 6.61 Å². The number of benzene rings is 3. The van der Waals surface area contributed by atoms with E-state index >= 15 is 0 Å². The fourth-order valence-corrected chi connectivity index (χ4v) is 3.27. The summed E-state index contributed by atoms with van der Waals surface area (Å²) in [4.78, 5) is 0. The number of aliphatic hydroxyl groups excluding tert-OH is 3. The Morgan fingerprint density at radius 1 is 0.909 bits per heavy atom. The third kappa shape index (κ3) is 1.87. The summed E-state index contributed by atoms with van der Waals surface area (Å²) >= 11 is 0. The first-order chi connectivity index (χ1) is 10.7. The molecule has 3 N–H and O–H groups in total. The van der Waals surface area contributed by atoms with Crippen molar-refractivity contribution in [3.8, 4) is 0 Å². The molecule has 0 bridgehead atoms. The summed E-state index contributed by atoms with van der Waals surface area (Å²) in [5.74, 6) is 0. The molecule has 0 aliphatic heterocycles. The average molecular weight is 292 g/mol. The SMILES string of the molecule is OCc1cccc2c1ccc1cc3c(cc12)[C@@H](O)[C@H](O)C=C3. The van der Waals surface area contributed by atoms with Crippen LogP contribution in [0, 0.1) is 0 Å². The molecule has 0 fully saturated rings. The fraction of sp³-hybridized carbons (Fsp3) is 0.158. The van der Waals surface area contributed by atoms with Gasteiger partial charge in [0.05, 0.1) is 6.61 Å². The highest BCUT2D eigenvalue weighted by atomic mass is 16.3. The van der Waals surface area contributed by atoms with E-state index in [0.29, 0.717) is 0 Å². The van der Waals surface area contributed by atoms with Crippen molar-refractivity contribution in [1.29, 1.82) is 0 Å². The first kappa shape index (κ1) is 13.5. The largest absolute Gasteiger partial charge is 0.392 e. The molecule has 2 atom stereocenters. The molecule has 0 unspecified atom stereocenters. The second-order valence-corrected chi connectivity index (χ2v) is 5.73. The molecule has 0 saturated carbocycles. The van der Waals surface area contributed by atoms with Crippen LogP contribution in [0.1, 0.15) is 22.8 Å². The lowest BCUT2D eigenvalue weighted by Crippen LogP contribution is -2.19. The van der Waals surface area contributed by atoms with Gasteiger partial charge in [-0.3, -0.25) is 0 Å². The molecule has 0 saturated heterocycles. The molecule has 4 rings (SSSR count). The minimum atomic E-state index is -0.902. The molecule has 0 radical (unpaired) electrons. The predicted molar refractivity (Wildman–Crippen MR) is 87.4 cm³/mol. The summed E-state index contributed by atoms with van der Waals surface area (Å²) in [5, 5.41) is 33.7. The number of rotatable bonds is 1. The van der Waals surface area contributed by atoms with Gasteiger partial charge < -0.3 is 15.3 Å². The second-order valence-electron chi connectivity index (χ2n) is 5.73. The van der Waals surface area contributed by atoms with E-state index in [1.165, 1.54) is 0 Å². The van der Waals surface area contributed by atoms with Crippen molar-refractivity contribution in [1.82, 2.24) is 0 Å². The molecule has 1 aliphatic rings. The highest BCUT2D eigenvalue weighted by molar-refractivity contribution is 6.09. The second kappa shape index (κ2) is 4.92. The topological polar surface area (TPSA) is 60.7 Å². The van der Waals surface area contributed by atoms with E-state index < -0.39 is 12.2 Å². The van der Waals surface area contributed by atoms with Crippen molar-refractivity contribution in [3.05, 3.63) is 65.2 Å². The summed E-state index contributed by atoms with van der Waals surface area (Å²) in [6.07, 6.45) is 1.69. The van der Waals surface area contributed by atoms with Crippen molar-refractivity contribution in [2.45, 2.75) is 18.8 Å². The first-order valence-electron chi connectivity index (χ1n) is 7.32. The molecule has 0 heterocycles. The Kier molecular flexibility index (Phi) is 3.01. The number of hydrogen-bond acceptors (Lipinski definition) is 3. The van der Waals surface area contributed by atoms with Gasteiger partial charge in [-0.2, -0.15) is 0 Å². The van der Waals surface area contributed by atoms with Crippen LogP contribution in [-0.4, -0.2) is 21.4 Å². The van der Waals surface area contributed by atoms with E-state index in [9.17, 15) is 15.3 Å². The molecule has 3 heteroatoms. The molecule has 22 heavy (non-hydrogen) atoms. The number of aliphatic hydroxyl groups is 3. The number of fused-ring (bicyclic) bond motifs is 4. The van der Waals surface area contributed by atoms with Gasteiger partial charge in [0, 0.05) is 0 Å². The minimum Gasteiger partial charge on any atom is -0.392 e. The molecule has 0 amide bonds. The molecule has 3 aromatic carbocycles. The van der Waals surface area contributed by atoms with Gasteiger partial charge in [-0.25, -0.2) is 0 Å². The normalized spacial score (nSPS) is 20.5. The van der Waals surface area contributed by atoms with Gasteiger partial charge in [0.1, 0.15) is 12.2 Å². The highest BCUT2D eigenvalue weighted by Gasteiger charge is 2.23. The van der Waals surface area contributed by atoms with Gasteiger partial charge in [0.15, 0.2) is 0 Å². The smallest absolute Gasteiger partial charge is 0.109 e. The van der Waals surface area contributed by atoms with Gasteiger partial charge in [0.25, 0.3) is 0 Å².